The molecule has 1 aliphatic heterocycles. The lowest BCUT2D eigenvalue weighted by Crippen LogP contribution is -2.10. The zero-order chi connectivity index (χ0) is 11.8. The Bertz CT molecular complexity index is 228. The number of ether oxygens (including phenoxy) is 1. The molecule has 0 radical (unpaired) electrons. The van der Waals surface area contributed by atoms with Gasteiger partial charge in [-0.05, 0) is 38.5 Å². The van der Waals surface area contributed by atoms with Crippen LogP contribution in [0, 0.1) is 0 Å². The van der Waals surface area contributed by atoms with Gasteiger partial charge < -0.3 is 4.74 Å². The molecule has 1 atom stereocenters. The Morgan fingerprint density at radius 1 is 0.647 bits per heavy atom. The number of hydrogen-bond acceptors (Lipinski definition) is 1. The molecular formula is C16H28O. The highest BCUT2D eigenvalue weighted by Gasteiger charge is 2.42. The lowest BCUT2D eigenvalue weighted by molar-refractivity contribution is 0.263. The fourth-order valence-corrected chi connectivity index (χ4v) is 2.89. The van der Waals surface area contributed by atoms with Crippen molar-refractivity contribution in [3.05, 3.63) is 12.2 Å². The van der Waals surface area contributed by atoms with E-state index in [1.807, 2.05) is 0 Å². The predicted octanol–water partition coefficient (Wildman–Crippen LogP) is 5.01. The van der Waals surface area contributed by atoms with E-state index in [1.165, 1.54) is 77.0 Å². The van der Waals surface area contributed by atoms with Gasteiger partial charge in [-0.3, -0.25) is 0 Å². The first-order valence-electron chi connectivity index (χ1n) is 7.70. The van der Waals surface area contributed by atoms with Crippen LogP contribution >= 0.6 is 0 Å². The molecule has 1 heterocycles. The van der Waals surface area contributed by atoms with Crippen LogP contribution in [0.4, 0.5) is 0 Å². The minimum absolute atomic E-state index is 0.327. The quantitative estimate of drug-likeness (QED) is 0.425. The summed E-state index contributed by atoms with van der Waals surface area (Å²) in [5.74, 6) is 0. The normalized spacial score (nSPS) is 34.8. The molecule has 1 nitrogen and oxygen atoms in total. The van der Waals surface area contributed by atoms with Crippen LogP contribution in [0.2, 0.25) is 0 Å². The van der Waals surface area contributed by atoms with Gasteiger partial charge in [-0.2, -0.15) is 0 Å². The summed E-state index contributed by atoms with van der Waals surface area (Å²) in [4.78, 5) is 0. The summed E-state index contributed by atoms with van der Waals surface area (Å²) in [6, 6.07) is 0. The van der Waals surface area contributed by atoms with Gasteiger partial charge in [-0.25, -0.2) is 0 Å². The second kappa shape index (κ2) is 7.20. The molecule has 1 fully saturated rings. The second-order valence-electron chi connectivity index (χ2n) is 5.85. The van der Waals surface area contributed by atoms with Crippen LogP contribution in [-0.4, -0.2) is 12.2 Å². The second-order valence-corrected chi connectivity index (χ2v) is 5.85. The third kappa shape index (κ3) is 5.25. The summed E-state index contributed by atoms with van der Waals surface area (Å²) in [5, 5.41) is 0. The van der Waals surface area contributed by atoms with E-state index in [0.717, 1.165) is 6.61 Å². The predicted molar refractivity (Wildman–Crippen MR) is 73.2 cm³/mol. The molecule has 0 amide bonds. The summed E-state index contributed by atoms with van der Waals surface area (Å²) >= 11 is 0. The van der Waals surface area contributed by atoms with Crippen molar-refractivity contribution in [3.8, 4) is 0 Å². The van der Waals surface area contributed by atoms with Crippen molar-refractivity contribution >= 4 is 0 Å². The minimum atomic E-state index is 0.327. The van der Waals surface area contributed by atoms with Crippen LogP contribution in [-0.2, 0) is 4.74 Å². The lowest BCUT2D eigenvalue weighted by Gasteiger charge is -2.10. The molecule has 98 valence electrons. The first-order chi connectivity index (χ1) is 8.41. The molecule has 2 rings (SSSR count). The zero-order valence-electron chi connectivity index (χ0n) is 11.3. The van der Waals surface area contributed by atoms with Gasteiger partial charge in [0.15, 0.2) is 0 Å². The molecule has 2 aliphatic rings. The van der Waals surface area contributed by atoms with Gasteiger partial charge in [0.2, 0.25) is 0 Å². The largest absolute Gasteiger partial charge is 0.370 e. The molecule has 17 heavy (non-hydrogen) atoms. The van der Waals surface area contributed by atoms with E-state index in [0.29, 0.717) is 5.60 Å². The van der Waals surface area contributed by atoms with E-state index >= 15 is 0 Å². The molecule has 0 aromatic heterocycles. The van der Waals surface area contributed by atoms with Crippen LogP contribution in [0.1, 0.15) is 77.0 Å². The van der Waals surface area contributed by atoms with Gasteiger partial charge in [0.25, 0.3) is 0 Å². The van der Waals surface area contributed by atoms with Crippen LogP contribution in [0.25, 0.3) is 0 Å². The van der Waals surface area contributed by atoms with Gasteiger partial charge in [-0.1, -0.05) is 50.7 Å². The Kier molecular flexibility index (Phi) is 5.57. The standard InChI is InChI=1S/C16H28O/c1-2-4-6-8-10-12-14-16(15-17-16)13-11-9-7-5-3-1/h5,7H,1-4,6,8-15H2/b7-5-. The smallest absolute Gasteiger partial charge is 0.0916 e. The maximum atomic E-state index is 5.70. The monoisotopic (exact) mass is 236 g/mol. The van der Waals surface area contributed by atoms with Crippen molar-refractivity contribution in [2.24, 2.45) is 0 Å². The molecular weight excluding hydrogens is 208 g/mol. The number of allylic oxidation sites excluding steroid dienone is 2. The topological polar surface area (TPSA) is 12.5 Å². The summed E-state index contributed by atoms with van der Waals surface area (Å²) in [6.07, 6.45) is 21.2. The van der Waals surface area contributed by atoms with Crippen molar-refractivity contribution in [2.45, 2.75) is 82.7 Å². The number of rotatable bonds is 0. The highest BCUT2D eigenvalue weighted by atomic mass is 16.6. The van der Waals surface area contributed by atoms with Crippen molar-refractivity contribution in [1.29, 1.82) is 0 Å². The van der Waals surface area contributed by atoms with Crippen LogP contribution in [0.5, 0.6) is 0 Å². The first kappa shape index (κ1) is 13.1. The van der Waals surface area contributed by atoms with Crippen LogP contribution in [0.15, 0.2) is 12.2 Å². The van der Waals surface area contributed by atoms with Crippen molar-refractivity contribution < 1.29 is 4.74 Å². The van der Waals surface area contributed by atoms with E-state index in [-0.39, 0.29) is 0 Å². The van der Waals surface area contributed by atoms with E-state index in [1.54, 1.807) is 0 Å². The highest BCUT2D eigenvalue weighted by Crippen LogP contribution is 2.38. The highest BCUT2D eigenvalue weighted by molar-refractivity contribution is 4.93. The molecule has 0 aromatic rings. The Morgan fingerprint density at radius 2 is 1.18 bits per heavy atom. The van der Waals surface area contributed by atoms with E-state index in [2.05, 4.69) is 12.2 Å². The van der Waals surface area contributed by atoms with Crippen LogP contribution in [0.3, 0.4) is 0 Å². The molecule has 1 unspecified atom stereocenters. The fraction of sp³-hybridized carbons (Fsp3) is 0.875. The van der Waals surface area contributed by atoms with Gasteiger partial charge in [0.1, 0.15) is 0 Å². The minimum Gasteiger partial charge on any atom is -0.370 e. The average Bonchev–Trinajstić information content (AvgIpc) is 3.10. The summed E-state index contributed by atoms with van der Waals surface area (Å²) in [6.45, 7) is 1.04. The SMILES string of the molecule is C1=C\CCCC2(CCCCCCCCC/1)CO2. The maximum Gasteiger partial charge on any atom is 0.0916 e. The van der Waals surface area contributed by atoms with Crippen molar-refractivity contribution in [2.75, 3.05) is 6.61 Å². The Hall–Kier alpha value is -0.300. The number of hydrogen-bond donors (Lipinski definition) is 0. The van der Waals surface area contributed by atoms with Gasteiger partial charge >= 0.3 is 0 Å². The van der Waals surface area contributed by atoms with Crippen LogP contribution < -0.4 is 0 Å². The average molecular weight is 236 g/mol. The summed E-state index contributed by atoms with van der Waals surface area (Å²) in [5.41, 5.74) is 0.327. The van der Waals surface area contributed by atoms with Crippen molar-refractivity contribution in [3.63, 3.8) is 0 Å². The van der Waals surface area contributed by atoms with E-state index in [9.17, 15) is 0 Å². The molecule has 0 bridgehead atoms. The van der Waals surface area contributed by atoms with E-state index in [4.69, 9.17) is 4.74 Å². The summed E-state index contributed by atoms with van der Waals surface area (Å²) in [7, 11) is 0. The Balaban J connectivity index is 1.70. The molecule has 0 saturated carbocycles. The van der Waals surface area contributed by atoms with Gasteiger partial charge in [0, 0.05) is 0 Å². The molecule has 1 heteroatoms. The maximum absolute atomic E-state index is 5.70. The third-order valence-corrected chi connectivity index (χ3v) is 4.23. The van der Waals surface area contributed by atoms with E-state index < -0.39 is 0 Å². The summed E-state index contributed by atoms with van der Waals surface area (Å²) < 4.78 is 5.70. The fourth-order valence-electron chi connectivity index (χ4n) is 2.89. The molecule has 1 aliphatic carbocycles. The lowest BCUT2D eigenvalue weighted by atomic mass is 9.95. The Morgan fingerprint density at radius 3 is 1.88 bits per heavy atom. The van der Waals surface area contributed by atoms with Crippen molar-refractivity contribution in [1.82, 2.24) is 0 Å². The molecule has 0 aromatic carbocycles. The molecule has 0 N–H and O–H groups in total. The third-order valence-electron chi connectivity index (χ3n) is 4.23. The zero-order valence-corrected chi connectivity index (χ0v) is 11.3. The van der Waals surface area contributed by atoms with Gasteiger partial charge in [0.05, 0.1) is 12.2 Å². The molecule has 1 saturated heterocycles. The molecule has 1 spiro atoms. The number of epoxide rings is 1. The Labute approximate surface area is 107 Å². The van der Waals surface area contributed by atoms with Gasteiger partial charge in [-0.15, -0.1) is 0 Å². The first-order valence-corrected chi connectivity index (χ1v) is 7.70.